The topological polar surface area (TPSA) is 76.0 Å². The lowest BCUT2D eigenvalue weighted by atomic mass is 9.92. The average molecular weight is 405 g/mol. The van der Waals surface area contributed by atoms with Crippen LogP contribution in [0.1, 0.15) is 43.2 Å². The Morgan fingerprint density at radius 2 is 1.67 bits per heavy atom. The van der Waals surface area contributed by atoms with E-state index in [0.717, 1.165) is 28.1 Å². The monoisotopic (exact) mass is 404 g/mol. The van der Waals surface area contributed by atoms with E-state index in [1.165, 1.54) is 0 Å². The summed E-state index contributed by atoms with van der Waals surface area (Å²) in [7, 11) is 0. The third kappa shape index (κ3) is 4.95. The number of nitrogens with one attached hydrogen (secondary N) is 2. The highest BCUT2D eigenvalue weighted by atomic mass is 16.2. The molecule has 2 aromatic carbocycles. The first kappa shape index (κ1) is 21.3. The maximum atomic E-state index is 12.6. The number of benzene rings is 2. The zero-order valence-electron chi connectivity index (χ0n) is 18.1. The van der Waals surface area contributed by atoms with Gasteiger partial charge in [-0.1, -0.05) is 62.7 Å². The highest BCUT2D eigenvalue weighted by Crippen LogP contribution is 2.26. The fourth-order valence-corrected chi connectivity index (χ4v) is 3.08. The second-order valence-corrected chi connectivity index (χ2v) is 8.48. The molecule has 3 aromatic rings. The molecule has 0 bridgehead atoms. The van der Waals surface area contributed by atoms with Gasteiger partial charge in [-0.25, -0.2) is 4.68 Å². The van der Waals surface area contributed by atoms with Gasteiger partial charge in [-0.05, 0) is 37.1 Å². The van der Waals surface area contributed by atoms with Crippen LogP contribution in [0.2, 0.25) is 0 Å². The first-order chi connectivity index (χ1) is 14.1. The normalized spacial score (nSPS) is 11.2. The van der Waals surface area contributed by atoms with Gasteiger partial charge in [0.2, 0.25) is 0 Å². The van der Waals surface area contributed by atoms with Crippen LogP contribution in [0.3, 0.4) is 0 Å². The Kier molecular flexibility index (Phi) is 6.06. The lowest BCUT2D eigenvalue weighted by molar-refractivity contribution is -0.136. The van der Waals surface area contributed by atoms with Gasteiger partial charge in [0, 0.05) is 18.0 Å². The van der Waals surface area contributed by atoms with Gasteiger partial charge in [0.1, 0.15) is 5.82 Å². The van der Waals surface area contributed by atoms with Crippen molar-refractivity contribution in [1.82, 2.24) is 15.1 Å². The molecule has 6 nitrogen and oxygen atoms in total. The molecule has 6 heteroatoms. The Hall–Kier alpha value is -3.41. The second kappa shape index (κ2) is 8.53. The minimum absolute atomic E-state index is 0.204. The van der Waals surface area contributed by atoms with Crippen molar-refractivity contribution in [1.29, 1.82) is 0 Å². The Bertz CT molecular complexity index is 1060. The molecule has 3 rings (SSSR count). The number of nitrogens with zero attached hydrogens (tertiary/aromatic N) is 2. The molecule has 0 aliphatic carbocycles. The van der Waals surface area contributed by atoms with E-state index in [1.54, 1.807) is 4.68 Å². The molecule has 0 fully saturated rings. The average Bonchev–Trinajstić information content (AvgIpc) is 3.12. The minimum Gasteiger partial charge on any atom is -0.344 e. The minimum atomic E-state index is -0.725. The standard InChI is InChI=1S/C24H28N4O2/c1-16-11-12-18(17(2)13-16)15-25-22(29)23(30)26-21-14-20(24(3,4)5)27-28(21)19-9-7-6-8-10-19/h6-14H,15H2,1-5H3,(H,25,29)(H,26,30). The number of rotatable bonds is 4. The van der Waals surface area contributed by atoms with Gasteiger partial charge >= 0.3 is 11.8 Å². The summed E-state index contributed by atoms with van der Waals surface area (Å²) in [6, 6.07) is 17.3. The maximum absolute atomic E-state index is 12.6. The highest BCUT2D eigenvalue weighted by Gasteiger charge is 2.23. The molecule has 0 aliphatic heterocycles. The van der Waals surface area contributed by atoms with Crippen molar-refractivity contribution >= 4 is 17.6 Å². The molecule has 30 heavy (non-hydrogen) atoms. The molecule has 0 atom stereocenters. The quantitative estimate of drug-likeness (QED) is 0.645. The van der Waals surface area contributed by atoms with Crippen LogP contribution in [0.5, 0.6) is 0 Å². The molecule has 1 aromatic heterocycles. The number of anilines is 1. The predicted octanol–water partition coefficient (Wildman–Crippen LogP) is 4.04. The number of amides is 2. The van der Waals surface area contributed by atoms with Crippen LogP contribution in [-0.4, -0.2) is 21.6 Å². The van der Waals surface area contributed by atoms with Gasteiger partial charge in [0.15, 0.2) is 0 Å². The first-order valence-electron chi connectivity index (χ1n) is 9.96. The van der Waals surface area contributed by atoms with Crippen LogP contribution in [0, 0.1) is 13.8 Å². The summed E-state index contributed by atoms with van der Waals surface area (Å²) in [6.07, 6.45) is 0. The van der Waals surface area contributed by atoms with E-state index in [-0.39, 0.29) is 5.41 Å². The van der Waals surface area contributed by atoms with Crippen LogP contribution in [-0.2, 0) is 21.5 Å². The van der Waals surface area contributed by atoms with Crippen LogP contribution in [0.25, 0.3) is 5.69 Å². The summed E-state index contributed by atoms with van der Waals surface area (Å²) < 4.78 is 1.65. The van der Waals surface area contributed by atoms with E-state index in [1.807, 2.05) is 89.2 Å². The Morgan fingerprint density at radius 1 is 0.967 bits per heavy atom. The van der Waals surface area contributed by atoms with Gasteiger partial charge in [-0.3, -0.25) is 9.59 Å². The predicted molar refractivity (Wildman–Crippen MR) is 119 cm³/mol. The summed E-state index contributed by atoms with van der Waals surface area (Å²) in [4.78, 5) is 24.9. The molecule has 0 saturated heterocycles. The number of aromatic nitrogens is 2. The van der Waals surface area contributed by atoms with Crippen molar-refractivity contribution in [3.8, 4) is 5.69 Å². The smallest absolute Gasteiger partial charge is 0.314 e. The van der Waals surface area contributed by atoms with Crippen LogP contribution < -0.4 is 10.6 Å². The number of para-hydroxylation sites is 1. The van der Waals surface area contributed by atoms with Gasteiger partial charge in [-0.15, -0.1) is 0 Å². The number of hydrogen-bond acceptors (Lipinski definition) is 3. The van der Waals surface area contributed by atoms with Gasteiger partial charge in [0.05, 0.1) is 11.4 Å². The van der Waals surface area contributed by atoms with E-state index in [0.29, 0.717) is 12.4 Å². The lowest BCUT2D eigenvalue weighted by Gasteiger charge is -2.14. The van der Waals surface area contributed by atoms with E-state index in [4.69, 9.17) is 0 Å². The van der Waals surface area contributed by atoms with Crippen LogP contribution >= 0.6 is 0 Å². The lowest BCUT2D eigenvalue weighted by Crippen LogP contribution is -2.35. The van der Waals surface area contributed by atoms with Gasteiger partial charge < -0.3 is 10.6 Å². The first-order valence-corrected chi connectivity index (χ1v) is 9.96. The summed E-state index contributed by atoms with van der Waals surface area (Å²) in [5.41, 5.74) is 4.63. The molecule has 2 amide bonds. The van der Waals surface area contributed by atoms with E-state index < -0.39 is 11.8 Å². The molecular weight excluding hydrogens is 376 g/mol. The van der Waals surface area contributed by atoms with Crippen LogP contribution in [0.4, 0.5) is 5.82 Å². The SMILES string of the molecule is Cc1ccc(CNC(=O)C(=O)Nc2cc(C(C)(C)C)nn2-c2ccccc2)c(C)c1. The number of carbonyl (C=O) groups excluding carboxylic acids is 2. The molecule has 156 valence electrons. The highest BCUT2D eigenvalue weighted by molar-refractivity contribution is 6.39. The number of carbonyl (C=O) groups is 2. The third-order valence-corrected chi connectivity index (χ3v) is 4.86. The molecule has 0 aliphatic rings. The Balaban J connectivity index is 1.76. The number of hydrogen-bond donors (Lipinski definition) is 2. The van der Waals surface area contributed by atoms with Crippen molar-refractivity contribution in [3.05, 3.63) is 77.0 Å². The summed E-state index contributed by atoms with van der Waals surface area (Å²) in [6.45, 7) is 10.4. The van der Waals surface area contributed by atoms with Crippen molar-refractivity contribution in [3.63, 3.8) is 0 Å². The second-order valence-electron chi connectivity index (χ2n) is 8.48. The largest absolute Gasteiger partial charge is 0.344 e. The van der Waals surface area contributed by atoms with Crippen molar-refractivity contribution in [2.24, 2.45) is 0 Å². The fourth-order valence-electron chi connectivity index (χ4n) is 3.08. The molecular formula is C24H28N4O2. The fraction of sp³-hybridized carbons (Fsp3) is 0.292. The van der Waals surface area contributed by atoms with E-state index in [2.05, 4.69) is 15.7 Å². The van der Waals surface area contributed by atoms with Crippen molar-refractivity contribution in [2.45, 2.75) is 46.6 Å². The Labute approximate surface area is 177 Å². The molecule has 2 N–H and O–H groups in total. The zero-order chi connectivity index (χ0) is 21.9. The summed E-state index contributed by atoms with van der Waals surface area (Å²) in [5, 5.41) is 10.1. The molecule has 1 heterocycles. The van der Waals surface area contributed by atoms with Crippen LogP contribution in [0.15, 0.2) is 54.6 Å². The summed E-state index contributed by atoms with van der Waals surface area (Å²) >= 11 is 0. The molecule has 0 saturated carbocycles. The van der Waals surface area contributed by atoms with E-state index >= 15 is 0 Å². The van der Waals surface area contributed by atoms with Gasteiger partial charge in [0.25, 0.3) is 0 Å². The molecule has 0 spiro atoms. The molecule has 0 unspecified atom stereocenters. The molecule has 0 radical (unpaired) electrons. The number of aryl methyl sites for hydroxylation is 2. The maximum Gasteiger partial charge on any atom is 0.314 e. The Morgan fingerprint density at radius 3 is 2.30 bits per heavy atom. The van der Waals surface area contributed by atoms with E-state index in [9.17, 15) is 9.59 Å². The van der Waals surface area contributed by atoms with Crippen molar-refractivity contribution < 1.29 is 9.59 Å². The zero-order valence-corrected chi connectivity index (χ0v) is 18.1. The third-order valence-electron chi connectivity index (χ3n) is 4.86. The van der Waals surface area contributed by atoms with Crippen molar-refractivity contribution in [2.75, 3.05) is 5.32 Å². The van der Waals surface area contributed by atoms with Gasteiger partial charge in [-0.2, -0.15) is 5.10 Å². The summed E-state index contributed by atoms with van der Waals surface area (Å²) in [5.74, 6) is -0.955.